The van der Waals surface area contributed by atoms with Crippen LogP contribution in [0, 0.1) is 5.92 Å². The first-order valence-corrected chi connectivity index (χ1v) is 9.10. The van der Waals surface area contributed by atoms with E-state index in [1.165, 1.54) is 50.5 Å². The van der Waals surface area contributed by atoms with Gasteiger partial charge in [0.2, 0.25) is 0 Å². The summed E-state index contributed by atoms with van der Waals surface area (Å²) in [4.78, 5) is 0. The number of nitrogens with one attached hydrogen (secondary N) is 1. The fourth-order valence-electron chi connectivity index (χ4n) is 3.11. The van der Waals surface area contributed by atoms with Gasteiger partial charge >= 0.3 is 0 Å². The minimum Gasteiger partial charge on any atom is -0.313 e. The summed E-state index contributed by atoms with van der Waals surface area (Å²) in [6, 6.07) is 9.18. The van der Waals surface area contributed by atoms with Gasteiger partial charge in [-0.05, 0) is 42.7 Å². The molecule has 1 N–H and O–H groups in total. The largest absolute Gasteiger partial charge is 0.313 e. The lowest BCUT2D eigenvalue weighted by molar-refractivity contribution is 0.375. The summed E-state index contributed by atoms with van der Waals surface area (Å²) in [5.74, 6) is 1.38. The van der Waals surface area contributed by atoms with Crippen LogP contribution in [0.4, 0.5) is 0 Å². The van der Waals surface area contributed by atoms with Crippen molar-refractivity contribution in [3.05, 3.63) is 34.9 Å². The van der Waals surface area contributed by atoms with E-state index in [-0.39, 0.29) is 0 Å². The zero-order valence-corrected chi connectivity index (χ0v) is 14.3. The first kappa shape index (κ1) is 16.8. The van der Waals surface area contributed by atoms with Gasteiger partial charge in [0.05, 0.1) is 0 Å². The molecule has 118 valence electrons. The molecule has 0 amide bonds. The monoisotopic (exact) mass is 307 g/mol. The Morgan fingerprint density at radius 2 is 2.00 bits per heavy atom. The van der Waals surface area contributed by atoms with E-state index in [4.69, 9.17) is 11.6 Å². The number of hydrogen-bond acceptors (Lipinski definition) is 1. The quantitative estimate of drug-likeness (QED) is 0.577. The first-order valence-electron chi connectivity index (χ1n) is 8.72. The van der Waals surface area contributed by atoms with Crippen LogP contribution in [0.15, 0.2) is 24.3 Å². The second kappa shape index (κ2) is 8.80. The molecule has 1 aliphatic carbocycles. The molecule has 0 aromatic heterocycles. The Kier molecular flexibility index (Phi) is 7.06. The van der Waals surface area contributed by atoms with Crippen molar-refractivity contribution in [1.29, 1.82) is 0 Å². The van der Waals surface area contributed by atoms with E-state index in [2.05, 4.69) is 31.3 Å². The number of halogens is 1. The minimum atomic E-state index is 0.557. The zero-order chi connectivity index (χ0) is 15.1. The Hall–Kier alpha value is -0.530. The van der Waals surface area contributed by atoms with Gasteiger partial charge in [0.15, 0.2) is 0 Å². The third kappa shape index (κ3) is 5.64. The maximum Gasteiger partial charge on any atom is 0.0441 e. The Labute approximate surface area is 135 Å². The highest BCUT2D eigenvalue weighted by atomic mass is 35.5. The van der Waals surface area contributed by atoms with Gasteiger partial charge in [-0.1, -0.05) is 69.3 Å². The van der Waals surface area contributed by atoms with Gasteiger partial charge < -0.3 is 5.32 Å². The molecule has 0 heterocycles. The molecule has 2 atom stereocenters. The molecule has 0 spiro atoms. The van der Waals surface area contributed by atoms with Crippen LogP contribution in [0.3, 0.4) is 0 Å². The molecule has 21 heavy (non-hydrogen) atoms. The summed E-state index contributed by atoms with van der Waals surface area (Å²) < 4.78 is 0. The normalized spacial score (nSPS) is 17.7. The Morgan fingerprint density at radius 3 is 2.62 bits per heavy atom. The lowest BCUT2D eigenvalue weighted by Crippen LogP contribution is -2.25. The smallest absolute Gasteiger partial charge is 0.0441 e. The Morgan fingerprint density at radius 1 is 1.24 bits per heavy atom. The molecule has 1 aromatic carbocycles. The van der Waals surface area contributed by atoms with Crippen LogP contribution in [0.5, 0.6) is 0 Å². The maximum absolute atomic E-state index is 6.45. The van der Waals surface area contributed by atoms with Crippen LogP contribution < -0.4 is 5.32 Å². The SMILES string of the molecule is CCCCC(CC)CC(CNC1CC1)c1ccccc1Cl. The molecular formula is C19H30ClN. The fraction of sp³-hybridized carbons (Fsp3) is 0.684. The number of benzene rings is 1. The first-order chi connectivity index (χ1) is 10.2. The van der Waals surface area contributed by atoms with Gasteiger partial charge in [-0.15, -0.1) is 0 Å². The number of unbranched alkanes of at least 4 members (excludes halogenated alkanes) is 1. The molecular weight excluding hydrogens is 278 g/mol. The van der Waals surface area contributed by atoms with Gasteiger partial charge in [-0.25, -0.2) is 0 Å². The Bertz CT molecular complexity index is 414. The molecule has 0 bridgehead atoms. The van der Waals surface area contributed by atoms with Crippen molar-refractivity contribution >= 4 is 11.6 Å². The lowest BCUT2D eigenvalue weighted by atomic mass is 9.85. The van der Waals surface area contributed by atoms with Crippen molar-refractivity contribution in [3.63, 3.8) is 0 Å². The molecule has 1 nitrogen and oxygen atoms in total. The predicted octanol–water partition coefficient (Wildman–Crippen LogP) is 5.78. The standard InChI is InChI=1S/C19H30ClN/c1-3-5-8-15(4-2)13-16(14-21-17-11-12-17)18-9-6-7-10-19(18)20/h6-7,9-10,15-17,21H,3-5,8,11-14H2,1-2H3. The lowest BCUT2D eigenvalue weighted by Gasteiger charge is -2.24. The molecule has 0 radical (unpaired) electrons. The summed E-state index contributed by atoms with van der Waals surface area (Å²) in [5.41, 5.74) is 1.34. The van der Waals surface area contributed by atoms with Gasteiger partial charge in [-0.2, -0.15) is 0 Å². The van der Waals surface area contributed by atoms with Crippen LogP contribution in [-0.4, -0.2) is 12.6 Å². The topological polar surface area (TPSA) is 12.0 Å². The van der Waals surface area contributed by atoms with Gasteiger partial charge in [0, 0.05) is 17.6 Å². The molecule has 1 fully saturated rings. The van der Waals surface area contributed by atoms with Crippen molar-refractivity contribution < 1.29 is 0 Å². The maximum atomic E-state index is 6.45. The van der Waals surface area contributed by atoms with Crippen molar-refractivity contribution in [1.82, 2.24) is 5.32 Å². The summed E-state index contributed by atoms with van der Waals surface area (Å²) >= 11 is 6.45. The van der Waals surface area contributed by atoms with E-state index >= 15 is 0 Å². The fourth-order valence-corrected chi connectivity index (χ4v) is 3.40. The average Bonchev–Trinajstić information content (AvgIpc) is 3.32. The third-order valence-electron chi connectivity index (χ3n) is 4.74. The van der Waals surface area contributed by atoms with E-state index in [0.717, 1.165) is 23.5 Å². The number of hydrogen-bond donors (Lipinski definition) is 1. The van der Waals surface area contributed by atoms with E-state index in [1.807, 2.05) is 12.1 Å². The highest BCUT2D eigenvalue weighted by Crippen LogP contribution is 2.33. The molecule has 1 aromatic rings. The van der Waals surface area contributed by atoms with Crippen LogP contribution in [0.25, 0.3) is 0 Å². The van der Waals surface area contributed by atoms with E-state index in [1.54, 1.807) is 0 Å². The van der Waals surface area contributed by atoms with Crippen molar-refractivity contribution in [2.45, 2.75) is 70.8 Å². The second-order valence-corrected chi connectivity index (χ2v) is 6.96. The molecule has 0 aliphatic heterocycles. The molecule has 2 unspecified atom stereocenters. The highest BCUT2D eigenvalue weighted by molar-refractivity contribution is 6.31. The molecule has 2 rings (SSSR count). The van der Waals surface area contributed by atoms with Gasteiger partial charge in [0.1, 0.15) is 0 Å². The minimum absolute atomic E-state index is 0.557. The Balaban J connectivity index is 2.01. The molecule has 1 aliphatic rings. The summed E-state index contributed by atoms with van der Waals surface area (Å²) in [6.07, 6.45) is 9.25. The summed E-state index contributed by atoms with van der Waals surface area (Å²) in [5, 5.41) is 4.64. The van der Waals surface area contributed by atoms with Gasteiger partial charge in [0.25, 0.3) is 0 Å². The van der Waals surface area contributed by atoms with Crippen LogP contribution in [0.2, 0.25) is 5.02 Å². The van der Waals surface area contributed by atoms with Gasteiger partial charge in [-0.3, -0.25) is 0 Å². The molecule has 0 saturated heterocycles. The zero-order valence-electron chi connectivity index (χ0n) is 13.6. The van der Waals surface area contributed by atoms with Crippen LogP contribution in [-0.2, 0) is 0 Å². The molecule has 1 saturated carbocycles. The second-order valence-electron chi connectivity index (χ2n) is 6.55. The molecule has 2 heteroatoms. The van der Waals surface area contributed by atoms with E-state index in [9.17, 15) is 0 Å². The van der Waals surface area contributed by atoms with E-state index in [0.29, 0.717) is 5.92 Å². The van der Waals surface area contributed by atoms with Crippen molar-refractivity contribution in [2.75, 3.05) is 6.54 Å². The number of rotatable bonds is 10. The van der Waals surface area contributed by atoms with Crippen molar-refractivity contribution in [2.24, 2.45) is 5.92 Å². The predicted molar refractivity (Wildman–Crippen MR) is 93.1 cm³/mol. The van der Waals surface area contributed by atoms with Crippen molar-refractivity contribution in [3.8, 4) is 0 Å². The highest BCUT2D eigenvalue weighted by Gasteiger charge is 2.24. The third-order valence-corrected chi connectivity index (χ3v) is 5.08. The van der Waals surface area contributed by atoms with Crippen LogP contribution in [0.1, 0.15) is 70.3 Å². The average molecular weight is 308 g/mol. The summed E-state index contributed by atoms with van der Waals surface area (Å²) in [6.45, 7) is 5.70. The summed E-state index contributed by atoms with van der Waals surface area (Å²) in [7, 11) is 0. The van der Waals surface area contributed by atoms with Crippen LogP contribution >= 0.6 is 11.6 Å². The van der Waals surface area contributed by atoms with E-state index < -0.39 is 0 Å².